The van der Waals surface area contributed by atoms with E-state index in [2.05, 4.69) is 10.6 Å². The number of nitrogens with one attached hydrogen (secondary N) is 2. The fourth-order valence-electron chi connectivity index (χ4n) is 7.00. The van der Waals surface area contributed by atoms with E-state index in [0.29, 0.717) is 36.1 Å². The molecule has 4 aliphatic carbocycles. The fraction of sp³-hybridized carbons (Fsp3) is 0.667. The number of carbonyl (C=O) groups is 2. The molecule has 5 nitrogen and oxygen atoms in total. The number of nitrogens with zero attached hydrogens (tertiary/aromatic N) is 1. The summed E-state index contributed by atoms with van der Waals surface area (Å²) in [4.78, 5) is 27.3. The third kappa shape index (κ3) is 4.68. The number of amides is 3. The lowest BCUT2D eigenvalue weighted by Gasteiger charge is -2.57. The maximum absolute atomic E-state index is 12.9. The summed E-state index contributed by atoms with van der Waals surface area (Å²) in [6, 6.07) is 5.17. The van der Waals surface area contributed by atoms with E-state index in [-0.39, 0.29) is 23.4 Å². The third-order valence-corrected chi connectivity index (χ3v) is 8.52. The van der Waals surface area contributed by atoms with Gasteiger partial charge in [-0.05, 0) is 86.3 Å². The molecule has 1 aliphatic heterocycles. The lowest BCUT2D eigenvalue weighted by Crippen LogP contribution is -2.60. The molecule has 5 aliphatic rings. The summed E-state index contributed by atoms with van der Waals surface area (Å²) in [5.74, 6) is 2.89. The lowest BCUT2D eigenvalue weighted by molar-refractivity contribution is -0.127. The SMILES string of the molecule is O=C(CC1CCN(C(=O)NCc2ccc(Cl)cc2Cl)C1)NC12CC3CC(CC(C3)C1)C2. The first-order valence-corrected chi connectivity index (χ1v) is 12.4. The minimum Gasteiger partial charge on any atom is -0.351 e. The predicted molar refractivity (Wildman–Crippen MR) is 122 cm³/mol. The number of urea groups is 1. The molecule has 1 aromatic carbocycles. The zero-order valence-corrected chi connectivity index (χ0v) is 19.4. The van der Waals surface area contributed by atoms with Crippen LogP contribution in [0.5, 0.6) is 0 Å². The van der Waals surface area contributed by atoms with E-state index in [1.807, 2.05) is 11.0 Å². The minimum atomic E-state index is -0.102. The molecular formula is C24H31Cl2N3O2. The summed E-state index contributed by atoms with van der Waals surface area (Å²) < 4.78 is 0. The van der Waals surface area contributed by atoms with Crippen LogP contribution in [0, 0.1) is 23.7 Å². The predicted octanol–water partition coefficient (Wildman–Crippen LogP) is 5.00. The number of rotatable bonds is 5. The zero-order chi connectivity index (χ0) is 21.6. The van der Waals surface area contributed by atoms with Gasteiger partial charge >= 0.3 is 6.03 Å². The average molecular weight is 464 g/mol. The first-order valence-electron chi connectivity index (χ1n) is 11.7. The highest BCUT2D eigenvalue weighted by Crippen LogP contribution is 2.55. The van der Waals surface area contributed by atoms with Gasteiger partial charge in [-0.1, -0.05) is 29.3 Å². The van der Waals surface area contributed by atoms with Crippen LogP contribution >= 0.6 is 23.2 Å². The van der Waals surface area contributed by atoms with Crippen molar-refractivity contribution in [3.05, 3.63) is 33.8 Å². The van der Waals surface area contributed by atoms with E-state index in [1.54, 1.807) is 12.1 Å². The van der Waals surface area contributed by atoms with E-state index >= 15 is 0 Å². The normalized spacial score (nSPS) is 33.5. The van der Waals surface area contributed by atoms with Crippen molar-refractivity contribution in [1.82, 2.24) is 15.5 Å². The number of benzene rings is 1. The Morgan fingerprint density at radius 2 is 1.74 bits per heavy atom. The van der Waals surface area contributed by atoms with Gasteiger partial charge in [-0.25, -0.2) is 4.79 Å². The van der Waals surface area contributed by atoms with Crippen molar-refractivity contribution in [3.63, 3.8) is 0 Å². The number of carbonyl (C=O) groups excluding carboxylic acids is 2. The van der Waals surface area contributed by atoms with Gasteiger partial charge in [0, 0.05) is 41.6 Å². The molecule has 3 amide bonds. The third-order valence-electron chi connectivity index (χ3n) is 7.94. The van der Waals surface area contributed by atoms with Crippen LogP contribution in [0.1, 0.15) is 56.9 Å². The summed E-state index contributed by atoms with van der Waals surface area (Å²) in [6.07, 6.45) is 9.07. The molecule has 7 heteroatoms. The van der Waals surface area contributed by atoms with Crippen molar-refractivity contribution >= 4 is 35.1 Å². The Balaban J connectivity index is 1.09. The molecule has 6 rings (SSSR count). The Morgan fingerprint density at radius 1 is 1.06 bits per heavy atom. The molecular weight excluding hydrogens is 433 g/mol. The molecule has 4 saturated carbocycles. The maximum Gasteiger partial charge on any atom is 0.317 e. The Morgan fingerprint density at radius 3 is 2.39 bits per heavy atom. The Bertz CT molecular complexity index is 839. The molecule has 1 saturated heterocycles. The standard InChI is InChI=1S/C24H31Cl2N3O2/c25-20-2-1-19(21(26)9-20)13-27-23(31)29-4-3-15(14-29)8-22(30)28-24-10-16-5-17(11-24)7-18(6-16)12-24/h1-2,9,15-18H,3-8,10-14H2,(H,27,31)(H,28,30). The Kier molecular flexibility index (Phi) is 5.85. The molecule has 1 atom stereocenters. The van der Waals surface area contributed by atoms with Gasteiger partial charge in [-0.3, -0.25) is 4.79 Å². The van der Waals surface area contributed by atoms with E-state index in [0.717, 1.165) is 29.7 Å². The highest BCUT2D eigenvalue weighted by atomic mass is 35.5. The molecule has 168 valence electrons. The Labute approximate surface area is 194 Å². The molecule has 1 unspecified atom stereocenters. The first kappa shape index (κ1) is 21.4. The van der Waals surface area contributed by atoms with Crippen molar-refractivity contribution in [2.45, 2.75) is 63.5 Å². The minimum absolute atomic E-state index is 0.0688. The monoisotopic (exact) mass is 463 g/mol. The van der Waals surface area contributed by atoms with Crippen LogP contribution in [0.2, 0.25) is 10.0 Å². The van der Waals surface area contributed by atoms with Crippen LogP contribution in [-0.4, -0.2) is 35.5 Å². The van der Waals surface area contributed by atoms with Crippen LogP contribution in [0.4, 0.5) is 4.79 Å². The molecule has 4 bridgehead atoms. The summed E-state index contributed by atoms with van der Waals surface area (Å²) >= 11 is 12.1. The van der Waals surface area contributed by atoms with Crippen molar-refractivity contribution in [2.24, 2.45) is 23.7 Å². The van der Waals surface area contributed by atoms with Gasteiger partial charge in [0.25, 0.3) is 0 Å². The zero-order valence-electron chi connectivity index (χ0n) is 17.8. The molecule has 2 N–H and O–H groups in total. The highest BCUT2D eigenvalue weighted by Gasteiger charge is 2.51. The van der Waals surface area contributed by atoms with Gasteiger partial charge in [0.15, 0.2) is 0 Å². The molecule has 31 heavy (non-hydrogen) atoms. The van der Waals surface area contributed by atoms with Crippen molar-refractivity contribution in [3.8, 4) is 0 Å². The quantitative estimate of drug-likeness (QED) is 0.644. The van der Waals surface area contributed by atoms with Crippen LogP contribution in [0.25, 0.3) is 0 Å². The van der Waals surface area contributed by atoms with Crippen LogP contribution in [0.15, 0.2) is 18.2 Å². The second-order valence-electron chi connectivity index (χ2n) is 10.4. The van der Waals surface area contributed by atoms with E-state index in [9.17, 15) is 9.59 Å². The highest BCUT2D eigenvalue weighted by molar-refractivity contribution is 6.35. The van der Waals surface area contributed by atoms with E-state index in [4.69, 9.17) is 23.2 Å². The summed E-state index contributed by atoms with van der Waals surface area (Å²) in [5.41, 5.74) is 0.907. The molecule has 0 aromatic heterocycles. The average Bonchev–Trinajstić information content (AvgIpc) is 3.14. The van der Waals surface area contributed by atoms with E-state index in [1.165, 1.54) is 38.5 Å². The number of hydrogen-bond donors (Lipinski definition) is 2. The summed E-state index contributed by atoms with van der Waals surface area (Å²) in [7, 11) is 0. The van der Waals surface area contributed by atoms with Gasteiger partial charge in [-0.15, -0.1) is 0 Å². The fourth-order valence-corrected chi connectivity index (χ4v) is 7.48. The smallest absolute Gasteiger partial charge is 0.317 e. The second-order valence-corrected chi connectivity index (χ2v) is 11.3. The summed E-state index contributed by atoms with van der Waals surface area (Å²) in [6.45, 7) is 1.69. The van der Waals surface area contributed by atoms with E-state index < -0.39 is 0 Å². The van der Waals surface area contributed by atoms with Crippen molar-refractivity contribution < 1.29 is 9.59 Å². The van der Waals surface area contributed by atoms with Crippen LogP contribution < -0.4 is 10.6 Å². The maximum atomic E-state index is 12.9. The molecule has 1 aromatic rings. The van der Waals surface area contributed by atoms with Gasteiger partial charge in [-0.2, -0.15) is 0 Å². The lowest BCUT2D eigenvalue weighted by atomic mass is 9.53. The first-order chi connectivity index (χ1) is 14.9. The van der Waals surface area contributed by atoms with Crippen molar-refractivity contribution in [2.75, 3.05) is 13.1 Å². The van der Waals surface area contributed by atoms with Gasteiger partial charge in [0.05, 0.1) is 0 Å². The largest absolute Gasteiger partial charge is 0.351 e. The molecule has 5 fully saturated rings. The number of hydrogen-bond acceptors (Lipinski definition) is 2. The van der Waals surface area contributed by atoms with Gasteiger partial charge in [0.2, 0.25) is 5.91 Å². The topological polar surface area (TPSA) is 61.4 Å². The second kappa shape index (κ2) is 8.47. The molecule has 0 spiro atoms. The number of likely N-dealkylation sites (tertiary alicyclic amines) is 1. The van der Waals surface area contributed by atoms with Gasteiger partial charge < -0.3 is 15.5 Å². The van der Waals surface area contributed by atoms with Crippen LogP contribution in [0.3, 0.4) is 0 Å². The summed E-state index contributed by atoms with van der Waals surface area (Å²) in [5, 5.41) is 7.53. The molecule has 0 radical (unpaired) electrons. The van der Waals surface area contributed by atoms with Crippen LogP contribution in [-0.2, 0) is 11.3 Å². The van der Waals surface area contributed by atoms with Gasteiger partial charge in [0.1, 0.15) is 0 Å². The Hall–Kier alpha value is -1.46. The molecule has 1 heterocycles. The van der Waals surface area contributed by atoms with Crippen molar-refractivity contribution in [1.29, 1.82) is 0 Å². The number of halogens is 2.